The van der Waals surface area contributed by atoms with Gasteiger partial charge in [0.15, 0.2) is 0 Å². The van der Waals surface area contributed by atoms with Crippen LogP contribution in [0.25, 0.3) is 99.4 Å². The topological polar surface area (TPSA) is 22.8 Å². The van der Waals surface area contributed by atoms with E-state index < -0.39 is 0 Å². The lowest BCUT2D eigenvalue weighted by Gasteiger charge is -2.17. The Morgan fingerprint density at radius 2 is 1.04 bits per heavy atom. The third-order valence-corrected chi connectivity index (χ3v) is 10.2. The van der Waals surface area contributed by atoms with Crippen molar-refractivity contribution >= 4 is 54.4 Å². The lowest BCUT2D eigenvalue weighted by atomic mass is 9.99. The molecule has 2 aromatic heterocycles. The highest BCUT2D eigenvalue weighted by atomic mass is 15.1. The zero-order valence-electron chi connectivity index (χ0n) is 25.9. The Labute approximate surface area is 276 Å². The van der Waals surface area contributed by atoms with Gasteiger partial charge in [-0.05, 0) is 58.3 Å². The first kappa shape index (κ1) is 25.7. The van der Waals surface area contributed by atoms with Crippen LogP contribution in [0.15, 0.2) is 164 Å². The predicted molar refractivity (Wildman–Crippen MR) is 200 cm³/mol. The first-order valence-electron chi connectivity index (χ1n) is 16.5. The minimum Gasteiger partial charge on any atom is -0.309 e. The van der Waals surface area contributed by atoms with E-state index in [2.05, 4.69) is 173 Å². The molecule has 2 bridgehead atoms. The van der Waals surface area contributed by atoms with Gasteiger partial charge in [0.25, 0.3) is 0 Å². The molecule has 2 heterocycles. The van der Waals surface area contributed by atoms with Crippen LogP contribution in [0.3, 0.4) is 0 Å². The van der Waals surface area contributed by atoms with Gasteiger partial charge in [-0.2, -0.15) is 0 Å². The Balaban J connectivity index is 1.32. The molecule has 1 aliphatic rings. The van der Waals surface area contributed by atoms with Crippen molar-refractivity contribution in [1.29, 1.82) is 0 Å². The molecular weight excluding hydrogens is 583 g/mol. The minimum absolute atomic E-state index is 0.945. The molecular formula is C45H27N3. The van der Waals surface area contributed by atoms with E-state index in [0.717, 1.165) is 33.8 Å². The van der Waals surface area contributed by atoms with Crippen molar-refractivity contribution in [2.75, 3.05) is 0 Å². The average Bonchev–Trinajstić information content (AvgIpc) is 3.82. The molecule has 0 radical (unpaired) electrons. The molecule has 0 spiro atoms. The molecule has 0 N–H and O–H groups in total. The molecule has 48 heavy (non-hydrogen) atoms. The van der Waals surface area contributed by atoms with Gasteiger partial charge < -0.3 is 4.57 Å². The van der Waals surface area contributed by atoms with Gasteiger partial charge in [-0.1, -0.05) is 127 Å². The zero-order valence-corrected chi connectivity index (χ0v) is 25.9. The van der Waals surface area contributed by atoms with E-state index in [9.17, 15) is 0 Å². The van der Waals surface area contributed by atoms with Gasteiger partial charge in [-0.25, -0.2) is 4.98 Å². The van der Waals surface area contributed by atoms with Crippen molar-refractivity contribution in [3.8, 4) is 45.0 Å². The van der Waals surface area contributed by atoms with Gasteiger partial charge in [0.05, 0.1) is 27.8 Å². The van der Waals surface area contributed by atoms with E-state index in [-0.39, 0.29) is 0 Å². The number of hydrogen-bond acceptors (Lipinski definition) is 1. The smallest absolute Gasteiger partial charge is 0.145 e. The van der Waals surface area contributed by atoms with Crippen LogP contribution in [0, 0.1) is 0 Å². The Bertz CT molecular complexity index is 2930. The van der Waals surface area contributed by atoms with Gasteiger partial charge in [0, 0.05) is 43.9 Å². The number of hydrogen-bond donors (Lipinski definition) is 0. The lowest BCUT2D eigenvalue weighted by molar-refractivity contribution is 1.11. The second-order valence-electron chi connectivity index (χ2n) is 12.7. The fourth-order valence-electron chi connectivity index (χ4n) is 8.26. The quantitative estimate of drug-likeness (QED) is 0.183. The Morgan fingerprint density at radius 1 is 0.396 bits per heavy atom. The summed E-state index contributed by atoms with van der Waals surface area (Å²) < 4.78 is 4.89. The largest absolute Gasteiger partial charge is 0.309 e. The first-order valence-corrected chi connectivity index (χ1v) is 16.5. The Hall–Kier alpha value is -6.45. The van der Waals surface area contributed by atoms with Crippen LogP contribution in [0.1, 0.15) is 0 Å². The molecule has 8 aromatic carbocycles. The molecule has 10 aromatic rings. The Morgan fingerprint density at radius 3 is 1.83 bits per heavy atom. The summed E-state index contributed by atoms with van der Waals surface area (Å²) in [6, 6.07) is 59.3. The second-order valence-corrected chi connectivity index (χ2v) is 12.7. The molecule has 11 rings (SSSR count). The molecule has 0 fully saturated rings. The van der Waals surface area contributed by atoms with Crippen molar-refractivity contribution in [3.63, 3.8) is 0 Å². The van der Waals surface area contributed by atoms with E-state index in [1.165, 1.54) is 65.6 Å². The van der Waals surface area contributed by atoms with Gasteiger partial charge in [0.2, 0.25) is 0 Å². The van der Waals surface area contributed by atoms with E-state index in [1.807, 2.05) is 0 Å². The highest BCUT2D eigenvalue weighted by Gasteiger charge is 2.29. The average molecular weight is 610 g/mol. The highest BCUT2D eigenvalue weighted by Crippen LogP contribution is 2.52. The monoisotopic (exact) mass is 609 g/mol. The fraction of sp³-hybridized carbons (Fsp3) is 0. The van der Waals surface area contributed by atoms with Crippen LogP contribution in [-0.2, 0) is 0 Å². The van der Waals surface area contributed by atoms with Crippen LogP contribution in [0.5, 0.6) is 0 Å². The van der Waals surface area contributed by atoms with Crippen LogP contribution in [-0.4, -0.2) is 14.1 Å². The maximum atomic E-state index is 5.52. The van der Waals surface area contributed by atoms with Crippen molar-refractivity contribution in [3.05, 3.63) is 164 Å². The standard InChI is InChI=1S/C45H27N3/c1-3-14-28(15-4-1)45-46-42-35-21-9-7-18-32(35)33-19-8-10-22-36(33)44(42)48(45)40-25-13-23-31-29-26-37-34-20-11-12-24-39(34)47(30-16-5-2-6-17-30)43(37)38(27-29)41(31)40/h1-27H. The number of imidazole rings is 1. The molecule has 0 saturated heterocycles. The fourth-order valence-corrected chi connectivity index (χ4v) is 8.26. The van der Waals surface area contributed by atoms with Crippen LogP contribution in [0.4, 0.5) is 0 Å². The van der Waals surface area contributed by atoms with Gasteiger partial charge in [0.1, 0.15) is 5.82 Å². The third-order valence-electron chi connectivity index (χ3n) is 10.2. The summed E-state index contributed by atoms with van der Waals surface area (Å²) >= 11 is 0. The summed E-state index contributed by atoms with van der Waals surface area (Å²) in [4.78, 5) is 5.52. The summed E-state index contributed by atoms with van der Waals surface area (Å²) in [5.74, 6) is 0.945. The van der Waals surface area contributed by atoms with Crippen LogP contribution < -0.4 is 0 Å². The highest BCUT2D eigenvalue weighted by molar-refractivity contribution is 6.25. The number of para-hydroxylation sites is 2. The van der Waals surface area contributed by atoms with Crippen LogP contribution >= 0.6 is 0 Å². The zero-order chi connectivity index (χ0) is 31.3. The number of benzene rings is 8. The van der Waals surface area contributed by atoms with Crippen molar-refractivity contribution in [2.24, 2.45) is 0 Å². The number of aromatic nitrogens is 3. The molecule has 0 aliphatic heterocycles. The van der Waals surface area contributed by atoms with E-state index in [4.69, 9.17) is 4.98 Å². The molecule has 1 aliphatic carbocycles. The van der Waals surface area contributed by atoms with E-state index >= 15 is 0 Å². The van der Waals surface area contributed by atoms with Gasteiger partial charge in [-0.15, -0.1) is 0 Å². The molecule has 0 amide bonds. The second kappa shape index (κ2) is 9.54. The number of fused-ring (bicyclic) bond motifs is 15. The third kappa shape index (κ3) is 3.35. The van der Waals surface area contributed by atoms with E-state index in [1.54, 1.807) is 0 Å². The van der Waals surface area contributed by atoms with Gasteiger partial charge in [-0.3, -0.25) is 4.57 Å². The Kier molecular flexibility index (Phi) is 5.11. The maximum absolute atomic E-state index is 5.52. The SMILES string of the molecule is c1ccc(-c2nc3c4ccccc4c4ccccc4c3n2-c2cccc3c2-c2cc-3cc3c4ccccc4n(-c4ccccc4)c23)cc1. The van der Waals surface area contributed by atoms with Crippen molar-refractivity contribution < 1.29 is 0 Å². The van der Waals surface area contributed by atoms with Crippen molar-refractivity contribution in [1.82, 2.24) is 14.1 Å². The summed E-state index contributed by atoms with van der Waals surface area (Å²) in [5.41, 5.74) is 13.0. The molecule has 222 valence electrons. The lowest BCUT2D eigenvalue weighted by Crippen LogP contribution is -2.01. The number of nitrogens with zero attached hydrogens (tertiary/aromatic N) is 3. The molecule has 3 heteroatoms. The van der Waals surface area contributed by atoms with E-state index in [0.29, 0.717) is 0 Å². The van der Waals surface area contributed by atoms with Gasteiger partial charge >= 0.3 is 0 Å². The normalized spacial score (nSPS) is 12.2. The first-order chi connectivity index (χ1) is 23.8. The number of rotatable bonds is 3. The molecule has 0 unspecified atom stereocenters. The minimum atomic E-state index is 0.945. The molecule has 3 nitrogen and oxygen atoms in total. The summed E-state index contributed by atoms with van der Waals surface area (Å²) in [6.07, 6.45) is 0. The summed E-state index contributed by atoms with van der Waals surface area (Å²) in [6.45, 7) is 0. The maximum Gasteiger partial charge on any atom is 0.145 e. The van der Waals surface area contributed by atoms with Crippen LogP contribution in [0.2, 0.25) is 0 Å². The summed E-state index contributed by atoms with van der Waals surface area (Å²) in [5, 5.41) is 7.38. The molecule has 0 atom stereocenters. The van der Waals surface area contributed by atoms with Crippen molar-refractivity contribution in [2.45, 2.75) is 0 Å². The molecule has 0 saturated carbocycles. The predicted octanol–water partition coefficient (Wildman–Crippen LogP) is 11.7. The summed E-state index contributed by atoms with van der Waals surface area (Å²) in [7, 11) is 0.